The third-order valence-electron chi connectivity index (χ3n) is 7.37. The van der Waals surface area contributed by atoms with Crippen LogP contribution < -0.4 is 0 Å². The van der Waals surface area contributed by atoms with Gasteiger partial charge in [-0.15, -0.1) is 0 Å². The summed E-state index contributed by atoms with van der Waals surface area (Å²) in [4.78, 5) is 23.8. The molecular weight excluding hydrogens is 552 g/mol. The first-order chi connectivity index (χ1) is 21.5. The molecule has 0 fully saturated rings. The van der Waals surface area contributed by atoms with Gasteiger partial charge in [0.2, 0.25) is 0 Å². The molecule has 1 unspecified atom stereocenters. The molecule has 0 saturated heterocycles. The molecular formula is C38H66O6. The van der Waals surface area contributed by atoms with Crippen molar-refractivity contribution in [2.45, 2.75) is 167 Å². The number of allylic oxidation sites excluding steroid dienone is 7. The standard InChI is InChI=1S/C38H66O6/c1-3-5-6-7-8-9-10-15-18-21-24-27-31-37(41)43-33-36(40)34-44-38(42)32-28-25-22-19-16-13-11-12-14-17-20-23-26-30-35(39)29-4-2/h11,13-14,17,19,22-23,26,35-36,39-40H,3-10,12,15-16,18,20-21,24-25,27-34H2,1-2H3/b13-11-,17-14-,22-19-,26-23-/t35?,36-/m1/s1. The molecule has 0 aromatic heterocycles. The zero-order valence-corrected chi connectivity index (χ0v) is 28.3. The van der Waals surface area contributed by atoms with Crippen LogP contribution in [0.25, 0.3) is 0 Å². The first-order valence-corrected chi connectivity index (χ1v) is 17.8. The van der Waals surface area contributed by atoms with Gasteiger partial charge in [0.25, 0.3) is 0 Å². The second kappa shape index (κ2) is 33.7. The highest BCUT2D eigenvalue weighted by atomic mass is 16.6. The second-order valence-corrected chi connectivity index (χ2v) is 11.8. The predicted molar refractivity (Wildman–Crippen MR) is 183 cm³/mol. The van der Waals surface area contributed by atoms with Gasteiger partial charge in [-0.25, -0.2) is 0 Å². The van der Waals surface area contributed by atoms with Crippen molar-refractivity contribution in [3.63, 3.8) is 0 Å². The van der Waals surface area contributed by atoms with Crippen molar-refractivity contribution in [3.05, 3.63) is 48.6 Å². The minimum absolute atomic E-state index is 0.141. The molecule has 0 rings (SSSR count). The van der Waals surface area contributed by atoms with Crippen molar-refractivity contribution < 1.29 is 29.3 Å². The van der Waals surface area contributed by atoms with Crippen LogP contribution in [0.4, 0.5) is 0 Å². The van der Waals surface area contributed by atoms with Gasteiger partial charge in [0.05, 0.1) is 6.10 Å². The molecule has 44 heavy (non-hydrogen) atoms. The summed E-state index contributed by atoms with van der Waals surface area (Å²) >= 11 is 0. The average Bonchev–Trinajstić information content (AvgIpc) is 3.01. The number of carbonyl (C=O) groups is 2. The molecule has 254 valence electrons. The largest absolute Gasteiger partial charge is 0.463 e. The van der Waals surface area contributed by atoms with Crippen molar-refractivity contribution in [2.75, 3.05) is 13.2 Å². The Morgan fingerprint density at radius 3 is 1.45 bits per heavy atom. The number of carbonyl (C=O) groups excluding carboxylic acids is 2. The summed E-state index contributed by atoms with van der Waals surface area (Å²) in [6.07, 6.45) is 37.9. The summed E-state index contributed by atoms with van der Waals surface area (Å²) in [7, 11) is 0. The van der Waals surface area contributed by atoms with Crippen LogP contribution in [0.1, 0.15) is 155 Å². The van der Waals surface area contributed by atoms with Crippen molar-refractivity contribution in [1.82, 2.24) is 0 Å². The van der Waals surface area contributed by atoms with E-state index in [1.165, 1.54) is 57.8 Å². The van der Waals surface area contributed by atoms with Gasteiger partial charge in [-0.05, 0) is 51.4 Å². The molecule has 0 heterocycles. The average molecular weight is 619 g/mol. The van der Waals surface area contributed by atoms with Crippen LogP contribution in [0.5, 0.6) is 0 Å². The molecule has 2 N–H and O–H groups in total. The zero-order chi connectivity index (χ0) is 32.4. The summed E-state index contributed by atoms with van der Waals surface area (Å²) in [6, 6.07) is 0. The van der Waals surface area contributed by atoms with Crippen LogP contribution in [-0.4, -0.2) is 47.6 Å². The van der Waals surface area contributed by atoms with E-state index in [0.29, 0.717) is 19.3 Å². The summed E-state index contributed by atoms with van der Waals surface area (Å²) in [6.45, 7) is 4.03. The molecule has 0 aliphatic rings. The van der Waals surface area contributed by atoms with Gasteiger partial charge in [-0.1, -0.05) is 140 Å². The maximum absolute atomic E-state index is 11.9. The number of hydrogen-bond acceptors (Lipinski definition) is 6. The quantitative estimate of drug-likeness (QED) is 0.0456. The van der Waals surface area contributed by atoms with E-state index in [1.54, 1.807) is 0 Å². The maximum atomic E-state index is 11.9. The number of aliphatic hydroxyl groups is 2. The van der Waals surface area contributed by atoms with E-state index < -0.39 is 6.10 Å². The summed E-state index contributed by atoms with van der Waals surface area (Å²) in [5.74, 6) is -0.650. The topological polar surface area (TPSA) is 93.1 Å². The number of aliphatic hydroxyl groups excluding tert-OH is 2. The van der Waals surface area contributed by atoms with Crippen LogP contribution in [0.3, 0.4) is 0 Å². The van der Waals surface area contributed by atoms with Gasteiger partial charge in [-0.2, -0.15) is 0 Å². The highest BCUT2D eigenvalue weighted by Gasteiger charge is 2.12. The minimum Gasteiger partial charge on any atom is -0.463 e. The van der Waals surface area contributed by atoms with Gasteiger partial charge in [-0.3, -0.25) is 9.59 Å². The lowest BCUT2D eigenvalue weighted by Crippen LogP contribution is -2.25. The van der Waals surface area contributed by atoms with Crippen molar-refractivity contribution in [2.24, 2.45) is 0 Å². The SMILES string of the molecule is CCCCCCCCCCCCCCC(=O)OC[C@@H](O)COC(=O)CCC/C=C\C/C=C\C/C=C\C/C=C\CC(O)CCC. The van der Waals surface area contributed by atoms with Gasteiger partial charge in [0, 0.05) is 12.8 Å². The van der Waals surface area contributed by atoms with Gasteiger partial charge in [0.1, 0.15) is 19.3 Å². The lowest BCUT2D eigenvalue weighted by Gasteiger charge is -2.12. The van der Waals surface area contributed by atoms with Crippen molar-refractivity contribution >= 4 is 11.9 Å². The van der Waals surface area contributed by atoms with Gasteiger partial charge < -0.3 is 19.7 Å². The third-order valence-corrected chi connectivity index (χ3v) is 7.37. The Labute approximate surface area is 270 Å². The fraction of sp³-hybridized carbons (Fsp3) is 0.737. The Bertz CT molecular complexity index is 769. The van der Waals surface area contributed by atoms with E-state index in [0.717, 1.165) is 64.2 Å². The summed E-state index contributed by atoms with van der Waals surface area (Å²) < 4.78 is 10.2. The molecule has 0 spiro atoms. The zero-order valence-electron chi connectivity index (χ0n) is 28.3. The molecule has 6 heteroatoms. The smallest absolute Gasteiger partial charge is 0.305 e. The first-order valence-electron chi connectivity index (χ1n) is 17.8. The van der Waals surface area contributed by atoms with Crippen LogP contribution in [0.15, 0.2) is 48.6 Å². The monoisotopic (exact) mass is 618 g/mol. The molecule has 0 bridgehead atoms. The molecule has 0 radical (unpaired) electrons. The Kier molecular flexibility index (Phi) is 32.0. The molecule has 0 saturated carbocycles. The lowest BCUT2D eigenvalue weighted by atomic mass is 10.0. The first kappa shape index (κ1) is 41.8. The Morgan fingerprint density at radius 2 is 0.955 bits per heavy atom. The fourth-order valence-corrected chi connectivity index (χ4v) is 4.68. The van der Waals surface area contributed by atoms with E-state index in [1.807, 2.05) is 0 Å². The summed E-state index contributed by atoms with van der Waals surface area (Å²) in [5.41, 5.74) is 0. The highest BCUT2D eigenvalue weighted by molar-refractivity contribution is 5.69. The molecule has 0 amide bonds. The normalized spacial score (nSPS) is 13.5. The highest BCUT2D eigenvalue weighted by Crippen LogP contribution is 2.13. The van der Waals surface area contributed by atoms with E-state index >= 15 is 0 Å². The fourth-order valence-electron chi connectivity index (χ4n) is 4.68. The van der Waals surface area contributed by atoms with E-state index in [9.17, 15) is 19.8 Å². The van der Waals surface area contributed by atoms with E-state index in [-0.39, 0.29) is 31.3 Å². The van der Waals surface area contributed by atoms with Crippen LogP contribution >= 0.6 is 0 Å². The molecule has 0 aliphatic carbocycles. The molecule has 0 aliphatic heterocycles. The van der Waals surface area contributed by atoms with Crippen LogP contribution in [-0.2, 0) is 19.1 Å². The van der Waals surface area contributed by atoms with Gasteiger partial charge in [0.15, 0.2) is 0 Å². The molecule has 0 aromatic carbocycles. The van der Waals surface area contributed by atoms with E-state index in [4.69, 9.17) is 9.47 Å². The minimum atomic E-state index is -0.993. The maximum Gasteiger partial charge on any atom is 0.305 e. The van der Waals surface area contributed by atoms with Crippen LogP contribution in [0.2, 0.25) is 0 Å². The molecule has 2 atom stereocenters. The number of rotatable bonds is 31. The number of unbranched alkanes of at least 4 members (excludes halogenated alkanes) is 12. The molecule has 0 aromatic rings. The van der Waals surface area contributed by atoms with Crippen molar-refractivity contribution in [1.29, 1.82) is 0 Å². The summed E-state index contributed by atoms with van der Waals surface area (Å²) in [5, 5.41) is 19.6. The Hall–Kier alpha value is -2.18. The Morgan fingerprint density at radius 1 is 0.523 bits per heavy atom. The Balaban J connectivity index is 3.59. The molecule has 6 nitrogen and oxygen atoms in total. The van der Waals surface area contributed by atoms with E-state index in [2.05, 4.69) is 62.5 Å². The lowest BCUT2D eigenvalue weighted by molar-refractivity contribution is -0.152. The number of hydrogen-bond donors (Lipinski definition) is 2. The third kappa shape index (κ3) is 32.7. The van der Waals surface area contributed by atoms with Crippen molar-refractivity contribution in [3.8, 4) is 0 Å². The predicted octanol–water partition coefficient (Wildman–Crippen LogP) is 9.64. The number of ether oxygens (including phenoxy) is 2. The van der Waals surface area contributed by atoms with Gasteiger partial charge >= 0.3 is 11.9 Å². The van der Waals surface area contributed by atoms with Crippen LogP contribution in [0, 0.1) is 0 Å². The number of esters is 2. The second-order valence-electron chi connectivity index (χ2n) is 11.8.